The van der Waals surface area contributed by atoms with E-state index in [0.29, 0.717) is 21.7 Å². The zero-order chi connectivity index (χ0) is 12.4. The molecule has 2 aromatic rings. The summed E-state index contributed by atoms with van der Waals surface area (Å²) in [4.78, 5) is 0. The largest absolute Gasteiger partial charge is 0.455 e. The van der Waals surface area contributed by atoms with Crippen molar-refractivity contribution < 1.29 is 9.13 Å². The van der Waals surface area contributed by atoms with Gasteiger partial charge in [-0.3, -0.25) is 0 Å². The van der Waals surface area contributed by atoms with E-state index in [1.165, 1.54) is 12.1 Å². The zero-order valence-electron chi connectivity index (χ0n) is 9.21. The molecule has 0 spiro atoms. The average Bonchev–Trinajstić information content (AvgIpc) is 2.22. The van der Waals surface area contributed by atoms with Crippen LogP contribution in [0.3, 0.4) is 0 Å². The molecule has 0 aromatic heterocycles. The zero-order valence-corrected chi connectivity index (χ0v) is 10.8. The SMILES string of the molecule is Cc1ccc(N)c(Oc2cc(F)cc(Br)c2)c1. The lowest BCUT2D eigenvalue weighted by Gasteiger charge is -2.09. The van der Waals surface area contributed by atoms with Crippen molar-refractivity contribution in [3.8, 4) is 11.5 Å². The molecule has 0 amide bonds. The highest BCUT2D eigenvalue weighted by molar-refractivity contribution is 9.10. The third-order valence-corrected chi connectivity index (χ3v) is 2.69. The van der Waals surface area contributed by atoms with Crippen LogP contribution in [0.1, 0.15) is 5.56 Å². The Morgan fingerprint density at radius 3 is 2.65 bits per heavy atom. The number of nitrogens with two attached hydrogens (primary N) is 1. The summed E-state index contributed by atoms with van der Waals surface area (Å²) in [6.07, 6.45) is 0. The van der Waals surface area contributed by atoms with Crippen molar-refractivity contribution in [1.82, 2.24) is 0 Å². The summed E-state index contributed by atoms with van der Waals surface area (Å²) in [5, 5.41) is 0. The molecule has 0 fully saturated rings. The number of rotatable bonds is 2. The van der Waals surface area contributed by atoms with E-state index in [1.807, 2.05) is 19.1 Å². The van der Waals surface area contributed by atoms with Crippen molar-refractivity contribution in [3.63, 3.8) is 0 Å². The molecule has 0 unspecified atom stereocenters. The van der Waals surface area contributed by atoms with Gasteiger partial charge < -0.3 is 10.5 Å². The summed E-state index contributed by atoms with van der Waals surface area (Å²) < 4.78 is 19.3. The molecule has 88 valence electrons. The second kappa shape index (κ2) is 4.75. The Hall–Kier alpha value is -1.55. The quantitative estimate of drug-likeness (QED) is 0.840. The van der Waals surface area contributed by atoms with Crippen molar-refractivity contribution in [2.24, 2.45) is 0 Å². The second-order valence-corrected chi connectivity index (χ2v) is 4.66. The molecule has 0 atom stereocenters. The van der Waals surface area contributed by atoms with Gasteiger partial charge in [0.2, 0.25) is 0 Å². The van der Waals surface area contributed by atoms with Crippen LogP contribution in [-0.4, -0.2) is 0 Å². The highest BCUT2D eigenvalue weighted by Crippen LogP contribution is 2.30. The Labute approximate surface area is 107 Å². The van der Waals surface area contributed by atoms with Gasteiger partial charge in [-0.1, -0.05) is 22.0 Å². The third-order valence-electron chi connectivity index (χ3n) is 2.23. The molecule has 0 aliphatic heterocycles. The molecule has 2 aromatic carbocycles. The second-order valence-electron chi connectivity index (χ2n) is 3.75. The van der Waals surface area contributed by atoms with Crippen LogP contribution in [0.5, 0.6) is 11.5 Å². The van der Waals surface area contributed by atoms with Crippen LogP contribution in [0.4, 0.5) is 10.1 Å². The van der Waals surface area contributed by atoms with E-state index >= 15 is 0 Å². The van der Waals surface area contributed by atoms with Gasteiger partial charge in [-0.05, 0) is 36.8 Å². The molecule has 0 aliphatic rings. The van der Waals surface area contributed by atoms with Crippen molar-refractivity contribution in [2.45, 2.75) is 6.92 Å². The number of anilines is 1. The van der Waals surface area contributed by atoms with Crippen LogP contribution < -0.4 is 10.5 Å². The monoisotopic (exact) mass is 295 g/mol. The van der Waals surface area contributed by atoms with E-state index in [-0.39, 0.29) is 5.82 Å². The van der Waals surface area contributed by atoms with Gasteiger partial charge in [0.25, 0.3) is 0 Å². The summed E-state index contributed by atoms with van der Waals surface area (Å²) in [7, 11) is 0. The fourth-order valence-electron chi connectivity index (χ4n) is 1.44. The standard InChI is InChI=1S/C13H11BrFNO/c1-8-2-3-12(16)13(4-8)17-11-6-9(14)5-10(15)7-11/h2-7H,16H2,1H3. The van der Waals surface area contributed by atoms with Crippen LogP contribution in [0.2, 0.25) is 0 Å². The lowest BCUT2D eigenvalue weighted by atomic mass is 10.2. The van der Waals surface area contributed by atoms with Crippen LogP contribution in [0.25, 0.3) is 0 Å². The number of aryl methyl sites for hydroxylation is 1. The number of benzene rings is 2. The van der Waals surface area contributed by atoms with E-state index in [2.05, 4.69) is 15.9 Å². The molecular formula is C13H11BrFNO. The Kier molecular flexibility index (Phi) is 3.33. The van der Waals surface area contributed by atoms with Crippen molar-refractivity contribution in [1.29, 1.82) is 0 Å². The summed E-state index contributed by atoms with van der Waals surface area (Å²) >= 11 is 3.21. The summed E-state index contributed by atoms with van der Waals surface area (Å²) in [5.41, 5.74) is 7.34. The van der Waals surface area contributed by atoms with Gasteiger partial charge in [-0.25, -0.2) is 4.39 Å². The van der Waals surface area contributed by atoms with Gasteiger partial charge in [0.05, 0.1) is 5.69 Å². The maximum Gasteiger partial charge on any atom is 0.150 e. The smallest absolute Gasteiger partial charge is 0.150 e. The average molecular weight is 296 g/mol. The first-order valence-corrected chi connectivity index (χ1v) is 5.84. The first kappa shape index (κ1) is 11.9. The van der Waals surface area contributed by atoms with Crippen LogP contribution in [0, 0.1) is 12.7 Å². The maximum atomic E-state index is 13.2. The molecule has 4 heteroatoms. The molecule has 0 saturated carbocycles. The van der Waals surface area contributed by atoms with Gasteiger partial charge in [0.1, 0.15) is 11.6 Å². The predicted octanol–water partition coefficient (Wildman–Crippen LogP) is 4.27. The molecule has 0 saturated heterocycles. The van der Waals surface area contributed by atoms with Crippen molar-refractivity contribution >= 4 is 21.6 Å². The molecule has 0 bridgehead atoms. The third kappa shape index (κ3) is 2.97. The predicted molar refractivity (Wildman–Crippen MR) is 69.8 cm³/mol. The first-order chi connectivity index (χ1) is 8.04. The summed E-state index contributed by atoms with van der Waals surface area (Å²) in [6, 6.07) is 9.83. The van der Waals surface area contributed by atoms with E-state index in [0.717, 1.165) is 5.56 Å². The number of ether oxygens (including phenoxy) is 1. The molecule has 0 radical (unpaired) electrons. The van der Waals surface area contributed by atoms with E-state index in [1.54, 1.807) is 12.1 Å². The van der Waals surface area contributed by atoms with Crippen LogP contribution >= 0.6 is 15.9 Å². The van der Waals surface area contributed by atoms with Gasteiger partial charge in [0.15, 0.2) is 5.75 Å². The van der Waals surface area contributed by atoms with Crippen LogP contribution in [-0.2, 0) is 0 Å². The normalized spacial score (nSPS) is 10.3. The van der Waals surface area contributed by atoms with E-state index in [4.69, 9.17) is 10.5 Å². The number of hydrogen-bond donors (Lipinski definition) is 1. The van der Waals surface area contributed by atoms with Gasteiger partial charge in [-0.2, -0.15) is 0 Å². The molecule has 2 N–H and O–H groups in total. The summed E-state index contributed by atoms with van der Waals surface area (Å²) in [6.45, 7) is 1.94. The summed E-state index contributed by atoms with van der Waals surface area (Å²) in [5.74, 6) is 0.581. The van der Waals surface area contributed by atoms with Crippen molar-refractivity contribution in [2.75, 3.05) is 5.73 Å². The van der Waals surface area contributed by atoms with Gasteiger partial charge in [-0.15, -0.1) is 0 Å². The van der Waals surface area contributed by atoms with Crippen LogP contribution in [0.15, 0.2) is 40.9 Å². The van der Waals surface area contributed by atoms with Gasteiger partial charge >= 0.3 is 0 Å². The molecule has 0 heterocycles. The molecule has 2 nitrogen and oxygen atoms in total. The first-order valence-electron chi connectivity index (χ1n) is 5.04. The Bertz CT molecular complexity index is 537. The minimum absolute atomic E-state index is 0.361. The number of nitrogen functional groups attached to an aromatic ring is 1. The fourth-order valence-corrected chi connectivity index (χ4v) is 1.89. The van der Waals surface area contributed by atoms with Crippen molar-refractivity contribution in [3.05, 3.63) is 52.3 Å². The lowest BCUT2D eigenvalue weighted by Crippen LogP contribution is -1.93. The van der Waals surface area contributed by atoms with Gasteiger partial charge in [0, 0.05) is 10.5 Å². The number of hydrogen-bond acceptors (Lipinski definition) is 2. The van der Waals surface area contributed by atoms with E-state index < -0.39 is 0 Å². The maximum absolute atomic E-state index is 13.2. The molecule has 0 aliphatic carbocycles. The molecular weight excluding hydrogens is 285 g/mol. The molecule has 17 heavy (non-hydrogen) atoms. The Balaban J connectivity index is 2.34. The molecule has 2 rings (SSSR count). The highest BCUT2D eigenvalue weighted by Gasteiger charge is 2.05. The number of halogens is 2. The Morgan fingerprint density at radius 2 is 1.94 bits per heavy atom. The van der Waals surface area contributed by atoms with E-state index in [9.17, 15) is 4.39 Å². The highest BCUT2D eigenvalue weighted by atomic mass is 79.9. The minimum atomic E-state index is -0.361. The fraction of sp³-hybridized carbons (Fsp3) is 0.0769. The lowest BCUT2D eigenvalue weighted by molar-refractivity contribution is 0.478. The minimum Gasteiger partial charge on any atom is -0.455 e. The topological polar surface area (TPSA) is 35.2 Å². The Morgan fingerprint density at radius 1 is 1.18 bits per heavy atom.